The second-order valence-corrected chi connectivity index (χ2v) is 4.35. The van der Waals surface area contributed by atoms with Gasteiger partial charge in [0.15, 0.2) is 0 Å². The molecule has 1 aromatic rings. The molecule has 1 fully saturated rings. The maximum Gasteiger partial charge on any atom is 0.236 e. The maximum atomic E-state index is 11.5. The van der Waals surface area contributed by atoms with Gasteiger partial charge in [-0.3, -0.25) is 14.7 Å². The number of piperazine rings is 1. The zero-order valence-electron chi connectivity index (χ0n) is 9.81. The average molecular weight is 219 g/mol. The van der Waals surface area contributed by atoms with Crippen LogP contribution in [-0.2, 0) is 11.3 Å². The number of aryl methyl sites for hydroxylation is 1. The van der Waals surface area contributed by atoms with Gasteiger partial charge in [0.1, 0.15) is 0 Å². The van der Waals surface area contributed by atoms with E-state index in [0.717, 1.165) is 25.3 Å². The Morgan fingerprint density at radius 1 is 1.38 bits per heavy atom. The Kier molecular flexibility index (Phi) is 3.19. The minimum absolute atomic E-state index is 0.193. The quantitative estimate of drug-likeness (QED) is 0.733. The van der Waals surface area contributed by atoms with Gasteiger partial charge in [-0.25, -0.2) is 0 Å². The molecule has 4 nitrogen and oxygen atoms in total. The van der Waals surface area contributed by atoms with Crippen molar-refractivity contribution in [3.8, 4) is 0 Å². The van der Waals surface area contributed by atoms with Gasteiger partial charge in [-0.1, -0.05) is 6.07 Å². The van der Waals surface area contributed by atoms with E-state index >= 15 is 0 Å². The highest BCUT2D eigenvalue weighted by Gasteiger charge is 2.20. The minimum Gasteiger partial charge on any atom is -0.343 e. The zero-order valence-corrected chi connectivity index (χ0v) is 9.81. The highest BCUT2D eigenvalue weighted by atomic mass is 16.2. The number of aromatic nitrogens is 1. The van der Waals surface area contributed by atoms with Crippen LogP contribution in [0.2, 0.25) is 0 Å². The lowest BCUT2D eigenvalue weighted by Crippen LogP contribution is -2.48. The largest absolute Gasteiger partial charge is 0.343 e. The summed E-state index contributed by atoms with van der Waals surface area (Å²) in [6.07, 6.45) is 1.87. The third-order valence-corrected chi connectivity index (χ3v) is 2.89. The molecule has 2 heterocycles. The van der Waals surface area contributed by atoms with Gasteiger partial charge in [0, 0.05) is 32.9 Å². The van der Waals surface area contributed by atoms with Gasteiger partial charge >= 0.3 is 0 Å². The molecule has 86 valence electrons. The Labute approximate surface area is 95.9 Å². The minimum atomic E-state index is 0.193. The van der Waals surface area contributed by atoms with Crippen molar-refractivity contribution in [3.05, 3.63) is 29.6 Å². The van der Waals surface area contributed by atoms with E-state index in [1.54, 1.807) is 4.90 Å². The van der Waals surface area contributed by atoms with Crippen molar-refractivity contribution in [2.24, 2.45) is 0 Å². The second kappa shape index (κ2) is 4.61. The van der Waals surface area contributed by atoms with E-state index in [4.69, 9.17) is 0 Å². The van der Waals surface area contributed by atoms with Crippen LogP contribution >= 0.6 is 0 Å². The highest BCUT2D eigenvalue weighted by Crippen LogP contribution is 2.07. The number of amides is 1. The third-order valence-electron chi connectivity index (χ3n) is 2.89. The first-order chi connectivity index (χ1) is 7.65. The van der Waals surface area contributed by atoms with Crippen molar-refractivity contribution in [1.82, 2.24) is 14.8 Å². The molecule has 16 heavy (non-hydrogen) atoms. The van der Waals surface area contributed by atoms with Gasteiger partial charge in [0.2, 0.25) is 5.91 Å². The first-order valence-corrected chi connectivity index (χ1v) is 5.53. The van der Waals surface area contributed by atoms with E-state index < -0.39 is 0 Å². The molecule has 0 atom stereocenters. The first-order valence-electron chi connectivity index (χ1n) is 5.53. The summed E-state index contributed by atoms with van der Waals surface area (Å²) in [6, 6.07) is 4.08. The molecular formula is C12H17N3O. The number of carbonyl (C=O) groups is 1. The summed E-state index contributed by atoms with van der Waals surface area (Å²) in [5, 5.41) is 0. The fourth-order valence-electron chi connectivity index (χ4n) is 1.76. The normalized spacial score (nSPS) is 17.9. The van der Waals surface area contributed by atoms with Crippen LogP contribution in [0.25, 0.3) is 0 Å². The Morgan fingerprint density at radius 3 is 2.81 bits per heavy atom. The SMILES string of the molecule is Cc1ccc(CN2CCN(C)C(=O)C2)nc1. The molecule has 1 amide bonds. The van der Waals surface area contributed by atoms with Crippen LogP contribution in [0.4, 0.5) is 0 Å². The number of nitrogens with zero attached hydrogens (tertiary/aromatic N) is 3. The van der Waals surface area contributed by atoms with Crippen molar-refractivity contribution in [2.75, 3.05) is 26.7 Å². The smallest absolute Gasteiger partial charge is 0.236 e. The Balaban J connectivity index is 1.95. The topological polar surface area (TPSA) is 36.4 Å². The van der Waals surface area contributed by atoms with E-state index in [9.17, 15) is 4.79 Å². The summed E-state index contributed by atoms with van der Waals surface area (Å²) in [7, 11) is 1.85. The van der Waals surface area contributed by atoms with Crippen LogP contribution in [0.5, 0.6) is 0 Å². The number of hydrogen-bond acceptors (Lipinski definition) is 3. The van der Waals surface area contributed by atoms with E-state index in [-0.39, 0.29) is 5.91 Å². The fraction of sp³-hybridized carbons (Fsp3) is 0.500. The second-order valence-electron chi connectivity index (χ2n) is 4.35. The summed E-state index contributed by atoms with van der Waals surface area (Å²) in [5.41, 5.74) is 2.20. The monoisotopic (exact) mass is 219 g/mol. The lowest BCUT2D eigenvalue weighted by Gasteiger charge is -2.31. The average Bonchev–Trinajstić information content (AvgIpc) is 2.27. The molecule has 0 N–H and O–H groups in total. The summed E-state index contributed by atoms with van der Waals surface area (Å²) in [5.74, 6) is 0.193. The van der Waals surface area contributed by atoms with Gasteiger partial charge in [0.05, 0.1) is 12.2 Å². The highest BCUT2D eigenvalue weighted by molar-refractivity contribution is 5.78. The van der Waals surface area contributed by atoms with Crippen molar-refractivity contribution in [2.45, 2.75) is 13.5 Å². The summed E-state index contributed by atoms with van der Waals surface area (Å²) < 4.78 is 0. The molecule has 0 aromatic carbocycles. The Morgan fingerprint density at radius 2 is 2.19 bits per heavy atom. The molecule has 0 saturated carbocycles. The number of rotatable bonds is 2. The summed E-state index contributed by atoms with van der Waals surface area (Å²) >= 11 is 0. The van der Waals surface area contributed by atoms with Gasteiger partial charge in [-0.2, -0.15) is 0 Å². The van der Waals surface area contributed by atoms with E-state index in [0.29, 0.717) is 6.54 Å². The fourth-order valence-corrected chi connectivity index (χ4v) is 1.76. The number of pyridine rings is 1. The molecule has 1 saturated heterocycles. The molecule has 0 spiro atoms. The van der Waals surface area contributed by atoms with Crippen LogP contribution in [0.15, 0.2) is 18.3 Å². The molecule has 4 heteroatoms. The number of likely N-dealkylation sites (N-methyl/N-ethyl adjacent to an activating group) is 1. The Bertz CT molecular complexity index is 374. The van der Waals surface area contributed by atoms with Crippen LogP contribution in [0, 0.1) is 6.92 Å². The molecule has 1 aliphatic rings. The van der Waals surface area contributed by atoms with Gasteiger partial charge < -0.3 is 4.90 Å². The molecule has 0 unspecified atom stereocenters. The number of hydrogen-bond donors (Lipinski definition) is 0. The first kappa shape index (κ1) is 11.1. The van der Waals surface area contributed by atoms with Crippen LogP contribution in [-0.4, -0.2) is 47.4 Å². The van der Waals surface area contributed by atoms with Crippen LogP contribution < -0.4 is 0 Å². The summed E-state index contributed by atoms with van der Waals surface area (Å²) in [4.78, 5) is 19.8. The van der Waals surface area contributed by atoms with Gasteiger partial charge in [-0.05, 0) is 18.6 Å². The predicted octanol–water partition coefficient (Wildman–Crippen LogP) is 0.664. The van der Waals surface area contributed by atoms with Crippen LogP contribution in [0.1, 0.15) is 11.3 Å². The van der Waals surface area contributed by atoms with Crippen molar-refractivity contribution >= 4 is 5.91 Å². The summed E-state index contributed by atoms with van der Waals surface area (Å²) in [6.45, 7) is 5.03. The molecule has 0 radical (unpaired) electrons. The molecule has 0 bridgehead atoms. The zero-order chi connectivity index (χ0) is 11.5. The van der Waals surface area contributed by atoms with Crippen molar-refractivity contribution < 1.29 is 4.79 Å². The Hall–Kier alpha value is -1.42. The maximum absolute atomic E-state index is 11.5. The molecule has 1 aliphatic heterocycles. The van der Waals surface area contributed by atoms with E-state index in [1.807, 2.05) is 26.2 Å². The van der Waals surface area contributed by atoms with Crippen molar-refractivity contribution in [3.63, 3.8) is 0 Å². The third kappa shape index (κ3) is 2.58. The predicted molar refractivity (Wildman–Crippen MR) is 61.9 cm³/mol. The van der Waals surface area contributed by atoms with Gasteiger partial charge in [0.25, 0.3) is 0 Å². The molecule has 0 aliphatic carbocycles. The lowest BCUT2D eigenvalue weighted by atomic mass is 10.2. The lowest BCUT2D eigenvalue weighted by molar-refractivity contribution is -0.134. The van der Waals surface area contributed by atoms with E-state index in [1.165, 1.54) is 5.56 Å². The molecule has 1 aromatic heterocycles. The standard InChI is InChI=1S/C12H17N3O/c1-10-3-4-11(13-7-10)8-15-6-5-14(2)12(16)9-15/h3-4,7H,5-6,8-9H2,1-2H3. The van der Waals surface area contributed by atoms with E-state index in [2.05, 4.69) is 16.0 Å². The number of carbonyl (C=O) groups excluding carboxylic acids is 1. The molecular weight excluding hydrogens is 202 g/mol. The van der Waals surface area contributed by atoms with Crippen LogP contribution in [0.3, 0.4) is 0 Å². The van der Waals surface area contributed by atoms with Crippen molar-refractivity contribution in [1.29, 1.82) is 0 Å². The molecule has 2 rings (SSSR count). The van der Waals surface area contributed by atoms with Gasteiger partial charge in [-0.15, -0.1) is 0 Å².